The molecule has 2 aromatic carbocycles. The Bertz CT molecular complexity index is 1610. The zero-order valence-corrected chi connectivity index (χ0v) is 21.6. The van der Waals surface area contributed by atoms with Gasteiger partial charge in [-0.3, -0.25) is 18.9 Å². The number of nitrogens with zero attached hydrogens (tertiary/aromatic N) is 4. The van der Waals surface area contributed by atoms with Crippen LogP contribution in [0.15, 0.2) is 83.0 Å². The Morgan fingerprint density at radius 2 is 1.83 bits per heavy atom. The highest BCUT2D eigenvalue weighted by Gasteiger charge is 2.21. The molecule has 9 heteroatoms. The lowest BCUT2D eigenvalue weighted by Gasteiger charge is -2.15. The molecule has 3 heterocycles. The molecule has 0 saturated carbocycles. The van der Waals surface area contributed by atoms with Crippen molar-refractivity contribution in [3.05, 3.63) is 98.5 Å². The summed E-state index contributed by atoms with van der Waals surface area (Å²) in [5, 5.41) is 0.558. The fourth-order valence-corrected chi connectivity index (χ4v) is 6.03. The predicted molar refractivity (Wildman–Crippen MR) is 145 cm³/mol. The third kappa shape index (κ3) is 4.54. The maximum Gasteiger partial charge on any atom is 0.278 e. The number of ether oxygens (including phenoxy) is 1. The number of thioether (sulfide) groups is 1. The maximum atomic E-state index is 13.9. The second kappa shape index (κ2) is 10.2. The molecular formula is C26H22N4O2S3. The number of rotatable bonds is 7. The van der Waals surface area contributed by atoms with Gasteiger partial charge in [-0.1, -0.05) is 60.4 Å². The molecule has 6 nitrogen and oxygen atoms in total. The van der Waals surface area contributed by atoms with Gasteiger partial charge in [0.1, 0.15) is 10.4 Å². The molecule has 0 spiro atoms. The minimum absolute atomic E-state index is 0.173. The van der Waals surface area contributed by atoms with E-state index in [2.05, 4.69) is 24.0 Å². The molecule has 0 fully saturated rings. The number of aryl methyl sites for hydroxylation is 1. The number of benzene rings is 2. The number of hydrogen-bond acceptors (Lipinski definition) is 7. The third-order valence-corrected chi connectivity index (χ3v) is 7.96. The topological polar surface area (TPSA) is 61.9 Å². The Morgan fingerprint density at radius 1 is 1.03 bits per heavy atom. The van der Waals surface area contributed by atoms with Crippen LogP contribution in [0, 0.1) is 3.95 Å². The molecular weight excluding hydrogens is 497 g/mol. The third-order valence-electron chi connectivity index (χ3n) is 5.60. The lowest BCUT2D eigenvalue weighted by atomic mass is 10.1. The molecule has 176 valence electrons. The smallest absolute Gasteiger partial charge is 0.278 e. The second-order valence-corrected chi connectivity index (χ2v) is 10.3. The molecule has 0 N–H and O–H groups in total. The molecule has 0 unspecified atom stereocenters. The van der Waals surface area contributed by atoms with Gasteiger partial charge in [-0.25, -0.2) is 4.98 Å². The van der Waals surface area contributed by atoms with Gasteiger partial charge in [-0.2, -0.15) is 0 Å². The standard InChI is InChI=1S/C26H22N4O2S3/c1-3-17-10-12-19(13-11-17)29-23-22(35-26(29)33)24(31)30(20-8-4-5-9-21(20)32-2)25(28-23)34-16-18-7-6-14-27-15-18/h4-15H,3,16H2,1-2H3. The summed E-state index contributed by atoms with van der Waals surface area (Å²) in [6.07, 6.45) is 4.51. The van der Waals surface area contributed by atoms with E-state index in [-0.39, 0.29) is 5.56 Å². The van der Waals surface area contributed by atoms with Crippen LogP contribution in [0.1, 0.15) is 18.1 Å². The summed E-state index contributed by atoms with van der Waals surface area (Å²) in [6, 6.07) is 19.6. The van der Waals surface area contributed by atoms with E-state index in [0.717, 1.165) is 17.7 Å². The van der Waals surface area contributed by atoms with E-state index in [4.69, 9.17) is 21.9 Å². The molecule has 35 heavy (non-hydrogen) atoms. The van der Waals surface area contributed by atoms with Gasteiger partial charge in [0.15, 0.2) is 14.8 Å². The highest BCUT2D eigenvalue weighted by Crippen LogP contribution is 2.31. The van der Waals surface area contributed by atoms with Gasteiger partial charge >= 0.3 is 0 Å². The summed E-state index contributed by atoms with van der Waals surface area (Å²) in [7, 11) is 1.60. The Morgan fingerprint density at radius 3 is 2.54 bits per heavy atom. The van der Waals surface area contributed by atoms with Crippen molar-refractivity contribution in [3.8, 4) is 17.1 Å². The molecule has 0 saturated heterocycles. The zero-order chi connectivity index (χ0) is 24.4. The van der Waals surface area contributed by atoms with E-state index in [1.165, 1.54) is 28.7 Å². The molecule has 5 rings (SSSR count). The number of hydrogen-bond donors (Lipinski definition) is 0. The zero-order valence-electron chi connectivity index (χ0n) is 19.2. The first-order valence-electron chi connectivity index (χ1n) is 11.0. The van der Waals surface area contributed by atoms with Gasteiger partial charge in [0.25, 0.3) is 5.56 Å². The molecule has 0 aliphatic carbocycles. The van der Waals surface area contributed by atoms with Crippen LogP contribution in [0.4, 0.5) is 0 Å². The summed E-state index contributed by atoms with van der Waals surface area (Å²) in [4.78, 5) is 23.1. The number of para-hydroxylation sites is 2. The van der Waals surface area contributed by atoms with Crippen LogP contribution in [0.3, 0.4) is 0 Å². The predicted octanol–water partition coefficient (Wildman–Crippen LogP) is 6.23. The maximum absolute atomic E-state index is 13.9. The average Bonchev–Trinajstić information content (AvgIpc) is 3.24. The van der Waals surface area contributed by atoms with Crippen LogP contribution in [0.2, 0.25) is 0 Å². The van der Waals surface area contributed by atoms with Crippen molar-refractivity contribution in [2.45, 2.75) is 24.3 Å². The summed E-state index contributed by atoms with van der Waals surface area (Å²) < 4.78 is 10.2. The van der Waals surface area contributed by atoms with Crippen LogP contribution in [-0.2, 0) is 12.2 Å². The minimum atomic E-state index is -0.173. The van der Waals surface area contributed by atoms with E-state index in [0.29, 0.717) is 36.6 Å². The number of aromatic nitrogens is 4. The normalized spacial score (nSPS) is 11.1. The lowest BCUT2D eigenvalue weighted by molar-refractivity contribution is 0.411. The number of methoxy groups -OCH3 is 1. The average molecular weight is 519 g/mol. The van der Waals surface area contributed by atoms with Crippen molar-refractivity contribution >= 4 is 45.7 Å². The van der Waals surface area contributed by atoms with Crippen molar-refractivity contribution in [1.82, 2.24) is 19.1 Å². The van der Waals surface area contributed by atoms with Crippen molar-refractivity contribution in [1.29, 1.82) is 0 Å². The molecule has 5 aromatic rings. The van der Waals surface area contributed by atoms with E-state index in [9.17, 15) is 4.79 Å². The first kappa shape index (κ1) is 23.5. The molecule has 0 bridgehead atoms. The molecule has 0 aliphatic rings. The number of fused-ring (bicyclic) bond motifs is 1. The minimum Gasteiger partial charge on any atom is -0.495 e. The Balaban J connectivity index is 1.74. The van der Waals surface area contributed by atoms with Crippen LogP contribution >= 0.6 is 35.3 Å². The second-order valence-electron chi connectivity index (χ2n) is 7.73. The molecule has 0 radical (unpaired) electrons. The Labute approximate surface area is 215 Å². The lowest BCUT2D eigenvalue weighted by Crippen LogP contribution is -2.22. The van der Waals surface area contributed by atoms with Gasteiger partial charge in [0.2, 0.25) is 0 Å². The van der Waals surface area contributed by atoms with E-state index in [1.807, 2.05) is 59.3 Å². The van der Waals surface area contributed by atoms with E-state index >= 15 is 0 Å². The molecule has 3 aromatic heterocycles. The van der Waals surface area contributed by atoms with Gasteiger partial charge in [-0.05, 0) is 60.1 Å². The summed E-state index contributed by atoms with van der Waals surface area (Å²) in [5.41, 5.74) is 4.20. The van der Waals surface area contributed by atoms with E-state index in [1.54, 1.807) is 17.9 Å². The fourth-order valence-electron chi connectivity index (χ4n) is 3.80. The summed E-state index contributed by atoms with van der Waals surface area (Å²) >= 11 is 8.46. The van der Waals surface area contributed by atoms with Crippen molar-refractivity contribution in [3.63, 3.8) is 0 Å². The van der Waals surface area contributed by atoms with Crippen LogP contribution in [0.5, 0.6) is 5.75 Å². The van der Waals surface area contributed by atoms with Crippen LogP contribution in [-0.4, -0.2) is 26.2 Å². The van der Waals surface area contributed by atoms with Gasteiger partial charge in [0, 0.05) is 23.8 Å². The molecule has 0 amide bonds. The Kier molecular flexibility index (Phi) is 6.81. The highest BCUT2D eigenvalue weighted by molar-refractivity contribution is 7.98. The van der Waals surface area contributed by atoms with Gasteiger partial charge in [0.05, 0.1) is 12.8 Å². The first-order chi connectivity index (χ1) is 17.1. The van der Waals surface area contributed by atoms with Crippen molar-refractivity contribution in [2.24, 2.45) is 0 Å². The van der Waals surface area contributed by atoms with Gasteiger partial charge in [-0.15, -0.1) is 0 Å². The summed E-state index contributed by atoms with van der Waals surface area (Å²) in [5.74, 6) is 1.20. The SMILES string of the molecule is CCc1ccc(-n2c(=S)sc3c(=O)n(-c4ccccc4OC)c(SCc4cccnc4)nc32)cc1. The Hall–Kier alpha value is -3.27. The first-order valence-corrected chi connectivity index (χ1v) is 13.2. The summed E-state index contributed by atoms with van der Waals surface area (Å²) in [6.45, 7) is 2.12. The number of thiazole rings is 1. The highest BCUT2D eigenvalue weighted by atomic mass is 32.2. The van der Waals surface area contributed by atoms with Crippen molar-refractivity contribution < 1.29 is 4.74 Å². The van der Waals surface area contributed by atoms with Gasteiger partial charge < -0.3 is 4.74 Å². The quantitative estimate of drug-likeness (QED) is 0.145. The fraction of sp³-hybridized carbons (Fsp3) is 0.154. The van der Waals surface area contributed by atoms with E-state index < -0.39 is 0 Å². The van der Waals surface area contributed by atoms with Crippen LogP contribution < -0.4 is 10.3 Å². The monoisotopic (exact) mass is 518 g/mol. The van der Waals surface area contributed by atoms with Crippen molar-refractivity contribution in [2.75, 3.05) is 7.11 Å². The van der Waals surface area contributed by atoms with Crippen LogP contribution in [0.25, 0.3) is 21.7 Å². The molecule has 0 atom stereocenters. The molecule has 0 aliphatic heterocycles. The number of pyridine rings is 1. The largest absolute Gasteiger partial charge is 0.495 e.